The summed E-state index contributed by atoms with van der Waals surface area (Å²) in [7, 11) is 0. The Balaban J connectivity index is 4.13. The molecule has 0 aromatic heterocycles. The SMILES string of the molecule is CC(C)(C)OC(=O)N/C=C(\O)OC(C)(C)C. The minimum absolute atomic E-state index is 0.363. The van der Waals surface area contributed by atoms with Crippen LogP contribution in [0.1, 0.15) is 41.5 Å². The second-order valence-electron chi connectivity index (χ2n) is 5.34. The number of hydrogen-bond donors (Lipinski definition) is 2. The Hall–Kier alpha value is -1.39. The Kier molecular flexibility index (Phi) is 4.65. The summed E-state index contributed by atoms with van der Waals surface area (Å²) in [5.74, 6) is -0.363. The number of aliphatic hydroxyl groups excluding tert-OH is 1. The molecule has 0 aliphatic heterocycles. The lowest BCUT2D eigenvalue weighted by Crippen LogP contribution is -2.30. The highest BCUT2D eigenvalue weighted by atomic mass is 16.6. The fraction of sp³-hybridized carbons (Fsp3) is 0.727. The lowest BCUT2D eigenvalue weighted by Gasteiger charge is -2.21. The molecule has 0 aromatic rings. The van der Waals surface area contributed by atoms with E-state index < -0.39 is 17.3 Å². The van der Waals surface area contributed by atoms with Gasteiger partial charge in [0, 0.05) is 0 Å². The van der Waals surface area contributed by atoms with Crippen molar-refractivity contribution in [2.45, 2.75) is 52.7 Å². The quantitative estimate of drug-likeness (QED) is 0.717. The second kappa shape index (κ2) is 5.09. The van der Waals surface area contributed by atoms with Gasteiger partial charge in [-0.3, -0.25) is 5.32 Å². The van der Waals surface area contributed by atoms with Crippen molar-refractivity contribution in [3.8, 4) is 0 Å². The highest BCUT2D eigenvalue weighted by Gasteiger charge is 2.16. The molecular weight excluding hydrogens is 210 g/mol. The summed E-state index contributed by atoms with van der Waals surface area (Å²) in [6.45, 7) is 10.6. The summed E-state index contributed by atoms with van der Waals surface area (Å²) >= 11 is 0. The van der Waals surface area contributed by atoms with Crippen LogP contribution in [0.2, 0.25) is 0 Å². The zero-order valence-corrected chi connectivity index (χ0v) is 10.7. The van der Waals surface area contributed by atoms with Crippen molar-refractivity contribution >= 4 is 6.09 Å². The van der Waals surface area contributed by atoms with Crippen molar-refractivity contribution in [1.29, 1.82) is 0 Å². The van der Waals surface area contributed by atoms with Crippen LogP contribution in [-0.2, 0) is 9.47 Å². The Morgan fingerprint density at radius 1 is 1.06 bits per heavy atom. The molecule has 0 atom stereocenters. The van der Waals surface area contributed by atoms with E-state index in [1.54, 1.807) is 41.5 Å². The molecule has 94 valence electrons. The monoisotopic (exact) mass is 231 g/mol. The lowest BCUT2D eigenvalue weighted by atomic mass is 10.2. The van der Waals surface area contributed by atoms with E-state index in [1.165, 1.54) is 0 Å². The van der Waals surface area contributed by atoms with Gasteiger partial charge >= 0.3 is 6.09 Å². The lowest BCUT2D eigenvalue weighted by molar-refractivity contribution is -0.0163. The predicted octanol–water partition coefficient (Wildman–Crippen LogP) is 2.68. The summed E-state index contributed by atoms with van der Waals surface area (Å²) in [6.07, 6.45) is 0.413. The summed E-state index contributed by atoms with van der Waals surface area (Å²) < 4.78 is 10.0. The van der Waals surface area contributed by atoms with Gasteiger partial charge in [0.25, 0.3) is 5.95 Å². The van der Waals surface area contributed by atoms with Crippen LogP contribution in [0.25, 0.3) is 0 Å². The molecule has 0 aliphatic carbocycles. The molecule has 0 spiro atoms. The molecule has 0 aliphatic rings. The second-order valence-corrected chi connectivity index (χ2v) is 5.34. The van der Waals surface area contributed by atoms with E-state index in [0.29, 0.717) is 0 Å². The first-order chi connectivity index (χ1) is 6.99. The number of carbonyl (C=O) groups excluding carboxylic acids is 1. The molecule has 5 heteroatoms. The van der Waals surface area contributed by atoms with Crippen molar-refractivity contribution in [2.24, 2.45) is 0 Å². The van der Waals surface area contributed by atoms with Gasteiger partial charge in [-0.05, 0) is 41.5 Å². The Bertz CT molecular complexity index is 271. The van der Waals surface area contributed by atoms with Crippen LogP contribution in [0.15, 0.2) is 12.1 Å². The molecule has 0 radical (unpaired) electrons. The Labute approximate surface area is 96.4 Å². The molecule has 2 N–H and O–H groups in total. The van der Waals surface area contributed by atoms with Gasteiger partial charge in [0.1, 0.15) is 11.2 Å². The maximum absolute atomic E-state index is 11.2. The van der Waals surface area contributed by atoms with E-state index >= 15 is 0 Å². The first kappa shape index (κ1) is 14.6. The van der Waals surface area contributed by atoms with Crippen LogP contribution in [0.4, 0.5) is 4.79 Å². The smallest absolute Gasteiger partial charge is 0.411 e. The van der Waals surface area contributed by atoms with E-state index in [2.05, 4.69) is 5.32 Å². The normalized spacial score (nSPS) is 13.2. The molecule has 0 bridgehead atoms. The third kappa shape index (κ3) is 9.18. The summed E-state index contributed by atoms with van der Waals surface area (Å²) in [6, 6.07) is 0. The van der Waals surface area contributed by atoms with Gasteiger partial charge in [0.05, 0.1) is 6.20 Å². The van der Waals surface area contributed by atoms with Gasteiger partial charge in [-0.15, -0.1) is 0 Å². The van der Waals surface area contributed by atoms with Gasteiger partial charge < -0.3 is 14.6 Å². The number of nitrogens with one attached hydrogen (secondary N) is 1. The van der Waals surface area contributed by atoms with Crippen LogP contribution in [0.3, 0.4) is 0 Å². The zero-order valence-electron chi connectivity index (χ0n) is 10.7. The number of alkyl carbamates (subject to hydrolysis) is 1. The average Bonchev–Trinajstić information content (AvgIpc) is 1.94. The van der Waals surface area contributed by atoms with E-state index in [4.69, 9.17) is 9.47 Å². The standard InChI is InChI=1S/C11H21NO4/c1-10(2,3)15-8(13)7-12-9(14)16-11(4,5)6/h7,13H,1-6H3,(H,12,14)/b8-7+. The molecule has 0 fully saturated rings. The maximum Gasteiger partial charge on any atom is 0.411 e. The molecule has 0 saturated heterocycles. The van der Waals surface area contributed by atoms with Crippen LogP contribution < -0.4 is 5.32 Å². The number of carbonyl (C=O) groups is 1. The van der Waals surface area contributed by atoms with Crippen molar-refractivity contribution in [1.82, 2.24) is 5.32 Å². The average molecular weight is 231 g/mol. The van der Waals surface area contributed by atoms with Crippen molar-refractivity contribution < 1.29 is 19.4 Å². The number of amides is 1. The zero-order chi connectivity index (χ0) is 13.0. The van der Waals surface area contributed by atoms with Crippen LogP contribution in [-0.4, -0.2) is 22.4 Å². The number of aliphatic hydroxyl groups is 1. The first-order valence-electron chi connectivity index (χ1n) is 5.07. The summed E-state index contributed by atoms with van der Waals surface area (Å²) in [4.78, 5) is 11.2. The van der Waals surface area contributed by atoms with Crippen molar-refractivity contribution in [2.75, 3.05) is 0 Å². The fourth-order valence-electron chi connectivity index (χ4n) is 0.771. The highest BCUT2D eigenvalue weighted by Crippen LogP contribution is 2.11. The van der Waals surface area contributed by atoms with E-state index in [0.717, 1.165) is 6.20 Å². The minimum atomic E-state index is -0.642. The van der Waals surface area contributed by atoms with Gasteiger partial charge in [0.15, 0.2) is 0 Å². The maximum atomic E-state index is 11.2. The van der Waals surface area contributed by atoms with Gasteiger partial charge in [0.2, 0.25) is 0 Å². The van der Waals surface area contributed by atoms with Gasteiger partial charge in [-0.25, -0.2) is 4.79 Å². The Morgan fingerprint density at radius 3 is 1.88 bits per heavy atom. The van der Waals surface area contributed by atoms with E-state index in [-0.39, 0.29) is 5.95 Å². The highest BCUT2D eigenvalue weighted by molar-refractivity contribution is 5.68. The number of hydrogen-bond acceptors (Lipinski definition) is 4. The molecule has 0 heterocycles. The first-order valence-corrected chi connectivity index (χ1v) is 5.07. The molecule has 1 amide bonds. The van der Waals surface area contributed by atoms with Crippen LogP contribution in [0.5, 0.6) is 0 Å². The molecule has 0 unspecified atom stereocenters. The third-order valence-corrected chi connectivity index (χ3v) is 1.12. The molecule has 0 rings (SSSR count). The van der Waals surface area contributed by atoms with E-state index in [9.17, 15) is 9.90 Å². The van der Waals surface area contributed by atoms with Gasteiger partial charge in [-0.2, -0.15) is 0 Å². The van der Waals surface area contributed by atoms with E-state index in [1.807, 2.05) is 0 Å². The summed E-state index contributed by atoms with van der Waals surface area (Å²) in [5.41, 5.74) is -1.09. The third-order valence-electron chi connectivity index (χ3n) is 1.12. The molecule has 16 heavy (non-hydrogen) atoms. The molecular formula is C11H21NO4. The predicted molar refractivity (Wildman–Crippen MR) is 60.9 cm³/mol. The Morgan fingerprint density at radius 2 is 1.50 bits per heavy atom. The summed E-state index contributed by atoms with van der Waals surface area (Å²) in [5, 5.41) is 11.6. The minimum Gasteiger partial charge on any atom is -0.480 e. The number of ether oxygens (including phenoxy) is 2. The van der Waals surface area contributed by atoms with Crippen LogP contribution in [0, 0.1) is 0 Å². The topological polar surface area (TPSA) is 67.8 Å². The largest absolute Gasteiger partial charge is 0.480 e. The molecule has 0 aromatic carbocycles. The molecule has 5 nitrogen and oxygen atoms in total. The molecule has 0 saturated carbocycles. The van der Waals surface area contributed by atoms with Crippen LogP contribution >= 0.6 is 0 Å². The van der Waals surface area contributed by atoms with Gasteiger partial charge in [-0.1, -0.05) is 0 Å². The number of rotatable bonds is 2. The van der Waals surface area contributed by atoms with Crippen molar-refractivity contribution in [3.05, 3.63) is 12.1 Å². The fourth-order valence-corrected chi connectivity index (χ4v) is 0.771. The van der Waals surface area contributed by atoms with Crippen molar-refractivity contribution in [3.63, 3.8) is 0 Å².